The second-order valence-corrected chi connectivity index (χ2v) is 6.05. The molecule has 0 saturated heterocycles. The first kappa shape index (κ1) is 19.3. The Morgan fingerprint density at radius 1 is 1.04 bits per heavy atom. The maximum Gasteiger partial charge on any atom is 0.416 e. The number of hydrogen-bond donors (Lipinski definition) is 1. The second kappa shape index (κ2) is 7.26. The van der Waals surface area contributed by atoms with Crippen LogP contribution < -0.4 is 10.2 Å². The number of nitrogens with one attached hydrogen (secondary N) is 1. The number of fused-ring (bicyclic) bond motifs is 1. The summed E-state index contributed by atoms with van der Waals surface area (Å²) in [5.41, 5.74) is 1.76. The van der Waals surface area contributed by atoms with Crippen molar-refractivity contribution in [3.63, 3.8) is 0 Å². The lowest BCUT2D eigenvalue weighted by Crippen LogP contribution is -2.33. The molecule has 9 heteroatoms. The van der Waals surface area contributed by atoms with Gasteiger partial charge in [-0.1, -0.05) is 6.07 Å². The molecule has 0 saturated carbocycles. The first-order valence-corrected chi connectivity index (χ1v) is 8.17. The van der Waals surface area contributed by atoms with Crippen LogP contribution in [0.4, 0.5) is 29.3 Å². The van der Waals surface area contributed by atoms with E-state index in [2.05, 4.69) is 15.3 Å². The van der Waals surface area contributed by atoms with Crippen LogP contribution in [-0.2, 0) is 11.0 Å². The maximum atomic E-state index is 12.8. The van der Waals surface area contributed by atoms with Crippen LogP contribution in [0.1, 0.15) is 17.0 Å². The molecule has 1 N–H and O–H groups in total. The van der Waals surface area contributed by atoms with E-state index in [1.807, 2.05) is 6.92 Å². The quantitative estimate of drug-likeness (QED) is 0.672. The van der Waals surface area contributed by atoms with Gasteiger partial charge in [0.1, 0.15) is 0 Å². The van der Waals surface area contributed by atoms with E-state index in [4.69, 9.17) is 0 Å². The fourth-order valence-corrected chi connectivity index (χ4v) is 2.55. The van der Waals surface area contributed by atoms with E-state index in [-0.39, 0.29) is 17.8 Å². The lowest BCUT2D eigenvalue weighted by molar-refractivity contribution is -0.137. The molecular formula is C19H15F3N4O2. The van der Waals surface area contributed by atoms with Gasteiger partial charge in [-0.25, -0.2) is 19.7 Å². The van der Waals surface area contributed by atoms with Crippen molar-refractivity contribution in [3.8, 4) is 0 Å². The summed E-state index contributed by atoms with van der Waals surface area (Å²) in [5.74, 6) is 0. The number of urea groups is 1. The Hall–Kier alpha value is -3.49. The molecule has 2 aromatic carbocycles. The minimum Gasteiger partial charge on any atom is -0.307 e. The molecule has 0 unspecified atom stereocenters. The molecule has 1 heterocycles. The van der Waals surface area contributed by atoms with E-state index in [0.717, 1.165) is 22.7 Å². The predicted octanol–water partition coefficient (Wildman–Crippen LogP) is 4.46. The van der Waals surface area contributed by atoms with Crippen molar-refractivity contribution < 1.29 is 22.8 Å². The molecule has 3 amide bonds. The molecule has 1 aromatic heterocycles. The number of imide groups is 1. The first-order valence-electron chi connectivity index (χ1n) is 8.17. The van der Waals surface area contributed by atoms with Crippen LogP contribution in [0.3, 0.4) is 0 Å². The van der Waals surface area contributed by atoms with Crippen molar-refractivity contribution >= 4 is 34.8 Å². The lowest BCUT2D eigenvalue weighted by atomic mass is 10.2. The van der Waals surface area contributed by atoms with Crippen molar-refractivity contribution in [2.24, 2.45) is 0 Å². The zero-order chi connectivity index (χ0) is 20.5. The Morgan fingerprint density at radius 3 is 2.36 bits per heavy atom. The molecular weight excluding hydrogens is 373 g/mol. The van der Waals surface area contributed by atoms with Gasteiger partial charge in [0, 0.05) is 5.69 Å². The average Bonchev–Trinajstić information content (AvgIpc) is 2.63. The van der Waals surface area contributed by atoms with E-state index >= 15 is 0 Å². The van der Waals surface area contributed by atoms with Gasteiger partial charge in [0.05, 0.1) is 33.7 Å². The summed E-state index contributed by atoms with van der Waals surface area (Å²) in [4.78, 5) is 33.4. The SMILES string of the molecule is Cc1nc2ccc(N(C=O)C(=O)Nc3cccc(C(F)(F)F)c3)cc2nc1C. The molecule has 0 aliphatic heterocycles. The van der Waals surface area contributed by atoms with Crippen LogP contribution in [0, 0.1) is 13.8 Å². The molecule has 3 aromatic rings. The second-order valence-electron chi connectivity index (χ2n) is 6.05. The summed E-state index contributed by atoms with van der Waals surface area (Å²) in [7, 11) is 0. The third-order valence-electron chi connectivity index (χ3n) is 4.10. The molecule has 6 nitrogen and oxygen atoms in total. The number of alkyl halides is 3. The van der Waals surface area contributed by atoms with Gasteiger partial charge >= 0.3 is 12.2 Å². The number of rotatable bonds is 3. The first-order chi connectivity index (χ1) is 13.2. The van der Waals surface area contributed by atoms with Crippen LogP contribution >= 0.6 is 0 Å². The minimum atomic E-state index is -4.54. The number of anilines is 2. The largest absolute Gasteiger partial charge is 0.416 e. The molecule has 0 atom stereocenters. The van der Waals surface area contributed by atoms with Crippen LogP contribution in [0.15, 0.2) is 42.5 Å². The smallest absolute Gasteiger partial charge is 0.307 e. The number of halogens is 3. The average molecular weight is 388 g/mol. The summed E-state index contributed by atoms with van der Waals surface area (Å²) < 4.78 is 38.4. The molecule has 0 fully saturated rings. The molecule has 0 radical (unpaired) electrons. The third-order valence-corrected chi connectivity index (χ3v) is 4.10. The number of benzene rings is 2. The van der Waals surface area contributed by atoms with E-state index in [1.165, 1.54) is 24.3 Å². The van der Waals surface area contributed by atoms with Gasteiger partial charge in [-0.05, 0) is 50.2 Å². The molecule has 3 rings (SSSR count). The zero-order valence-corrected chi connectivity index (χ0v) is 14.9. The summed E-state index contributed by atoms with van der Waals surface area (Å²) >= 11 is 0. The van der Waals surface area contributed by atoms with Gasteiger partial charge in [0.15, 0.2) is 0 Å². The van der Waals surface area contributed by atoms with Gasteiger partial charge in [-0.3, -0.25) is 4.79 Å². The van der Waals surface area contributed by atoms with Gasteiger partial charge in [-0.2, -0.15) is 13.2 Å². The van der Waals surface area contributed by atoms with Gasteiger partial charge < -0.3 is 5.32 Å². The Kier molecular flexibility index (Phi) is 5.00. The van der Waals surface area contributed by atoms with Crippen LogP contribution in [0.2, 0.25) is 0 Å². The van der Waals surface area contributed by atoms with Crippen molar-refractivity contribution in [3.05, 3.63) is 59.4 Å². The monoisotopic (exact) mass is 388 g/mol. The zero-order valence-electron chi connectivity index (χ0n) is 14.9. The fraction of sp³-hybridized carbons (Fsp3) is 0.158. The van der Waals surface area contributed by atoms with Crippen LogP contribution in [0.5, 0.6) is 0 Å². The highest BCUT2D eigenvalue weighted by atomic mass is 19.4. The number of aryl methyl sites for hydroxylation is 2. The van der Waals surface area contributed by atoms with E-state index in [0.29, 0.717) is 16.7 Å². The van der Waals surface area contributed by atoms with E-state index in [1.54, 1.807) is 13.0 Å². The summed E-state index contributed by atoms with van der Waals surface area (Å²) in [5, 5.41) is 2.29. The number of nitrogens with zero attached hydrogens (tertiary/aromatic N) is 3. The third kappa shape index (κ3) is 3.93. The van der Waals surface area contributed by atoms with Gasteiger partial charge in [-0.15, -0.1) is 0 Å². The standard InChI is InChI=1S/C19H15F3N4O2/c1-11-12(2)24-17-9-15(6-7-16(17)23-11)26(10-27)18(28)25-14-5-3-4-13(8-14)19(20,21)22/h3-10H,1-2H3,(H,25,28). The Morgan fingerprint density at radius 2 is 1.71 bits per heavy atom. The molecule has 0 aliphatic rings. The fourth-order valence-electron chi connectivity index (χ4n) is 2.55. The Bertz CT molecular complexity index is 1070. The number of amides is 3. The van der Waals surface area contributed by atoms with Crippen molar-refractivity contribution in [1.29, 1.82) is 0 Å². The van der Waals surface area contributed by atoms with Crippen molar-refractivity contribution in [2.45, 2.75) is 20.0 Å². The summed E-state index contributed by atoms with van der Waals surface area (Å²) in [6.45, 7) is 3.60. The van der Waals surface area contributed by atoms with Crippen LogP contribution in [0.25, 0.3) is 11.0 Å². The molecule has 144 valence electrons. The lowest BCUT2D eigenvalue weighted by Gasteiger charge is -2.17. The topological polar surface area (TPSA) is 75.2 Å². The van der Waals surface area contributed by atoms with Crippen LogP contribution in [-0.4, -0.2) is 22.4 Å². The summed E-state index contributed by atoms with van der Waals surface area (Å²) in [6, 6.07) is 7.87. The Labute approximate surface area is 158 Å². The number of aromatic nitrogens is 2. The number of carbonyl (C=O) groups excluding carboxylic acids is 2. The molecule has 0 spiro atoms. The highest BCUT2D eigenvalue weighted by molar-refractivity contribution is 6.12. The molecule has 28 heavy (non-hydrogen) atoms. The maximum absolute atomic E-state index is 12.8. The Balaban J connectivity index is 1.89. The minimum absolute atomic E-state index is 0.0845. The highest BCUT2D eigenvalue weighted by Gasteiger charge is 2.30. The molecule has 0 aliphatic carbocycles. The number of hydrogen-bond acceptors (Lipinski definition) is 4. The summed E-state index contributed by atoms with van der Waals surface area (Å²) in [6.07, 6.45) is -4.27. The van der Waals surface area contributed by atoms with Crippen molar-refractivity contribution in [2.75, 3.05) is 10.2 Å². The number of carbonyl (C=O) groups is 2. The van der Waals surface area contributed by atoms with Gasteiger partial charge in [0.2, 0.25) is 6.41 Å². The molecule has 0 bridgehead atoms. The predicted molar refractivity (Wildman–Crippen MR) is 98.0 cm³/mol. The highest BCUT2D eigenvalue weighted by Crippen LogP contribution is 2.31. The van der Waals surface area contributed by atoms with Crippen molar-refractivity contribution in [1.82, 2.24) is 9.97 Å². The van der Waals surface area contributed by atoms with E-state index in [9.17, 15) is 22.8 Å². The van der Waals surface area contributed by atoms with Gasteiger partial charge in [0.25, 0.3) is 0 Å². The van der Waals surface area contributed by atoms with E-state index < -0.39 is 17.8 Å². The normalized spacial score (nSPS) is 11.3.